The molecule has 164 valence electrons. The van der Waals surface area contributed by atoms with E-state index < -0.39 is 0 Å². The van der Waals surface area contributed by atoms with Crippen LogP contribution in [0.3, 0.4) is 0 Å². The fourth-order valence-corrected chi connectivity index (χ4v) is 3.78. The maximum atomic E-state index is 11.4. The number of nitrogens with zero attached hydrogens (tertiary/aromatic N) is 3. The van der Waals surface area contributed by atoms with Gasteiger partial charge in [0, 0.05) is 29.9 Å². The maximum absolute atomic E-state index is 11.4. The Kier molecular flexibility index (Phi) is 7.95. The smallest absolute Gasteiger partial charge is 0.305 e. The van der Waals surface area contributed by atoms with Crippen molar-refractivity contribution in [2.45, 2.75) is 38.6 Å². The van der Waals surface area contributed by atoms with Crippen LogP contribution in [-0.2, 0) is 16.0 Å². The molecule has 0 amide bonds. The van der Waals surface area contributed by atoms with Gasteiger partial charge in [-0.2, -0.15) is 0 Å². The van der Waals surface area contributed by atoms with Gasteiger partial charge in [0.05, 0.1) is 18.5 Å². The van der Waals surface area contributed by atoms with Crippen molar-refractivity contribution in [2.75, 3.05) is 32.6 Å². The number of pyridine rings is 1. The third-order valence-corrected chi connectivity index (χ3v) is 5.82. The number of aliphatic imine (C=N–C) groups is 1. The molecule has 2 heterocycles. The van der Waals surface area contributed by atoms with Crippen molar-refractivity contribution in [1.29, 1.82) is 0 Å². The average Bonchev–Trinajstić information content (AvgIpc) is 2.79. The zero-order valence-electron chi connectivity index (χ0n) is 18.7. The van der Waals surface area contributed by atoms with E-state index in [1.165, 1.54) is 7.11 Å². The summed E-state index contributed by atoms with van der Waals surface area (Å²) >= 11 is 0. The number of ether oxygens (including phenoxy) is 1. The standard InChI is InChI=1S/C25H32N4O2/c1-18-22(11-14-26-2)28-24(17-23(18)27-21-12-15-29(3)16-13-21)20-8-5-19(6-9-20)7-10-25(30)31-4/h5-6,8-9,11,14,17,21H,2,7,10,12-13,15-16H2,1,3-4H3,(H,27,28)/b14-11-. The monoisotopic (exact) mass is 420 g/mol. The third kappa shape index (κ3) is 6.25. The molecule has 1 aliphatic heterocycles. The number of carbonyl (C=O) groups excluding carboxylic acids is 1. The molecule has 0 unspecified atom stereocenters. The Labute approximate surface area is 185 Å². The molecule has 1 N–H and O–H groups in total. The zero-order valence-corrected chi connectivity index (χ0v) is 18.7. The first kappa shape index (κ1) is 22.7. The summed E-state index contributed by atoms with van der Waals surface area (Å²) in [6, 6.07) is 10.8. The van der Waals surface area contributed by atoms with Crippen LogP contribution in [0, 0.1) is 6.92 Å². The lowest BCUT2D eigenvalue weighted by atomic mass is 10.0. The zero-order chi connectivity index (χ0) is 22.2. The van der Waals surface area contributed by atoms with Crippen LogP contribution in [0.4, 0.5) is 5.69 Å². The van der Waals surface area contributed by atoms with Crippen LogP contribution in [0.25, 0.3) is 17.3 Å². The molecule has 0 bridgehead atoms. The molecule has 0 spiro atoms. The van der Waals surface area contributed by atoms with Crippen molar-refractivity contribution in [3.05, 3.63) is 53.4 Å². The van der Waals surface area contributed by atoms with Crippen molar-refractivity contribution in [2.24, 2.45) is 4.99 Å². The van der Waals surface area contributed by atoms with E-state index in [0.717, 1.165) is 59.7 Å². The first-order chi connectivity index (χ1) is 15.0. The van der Waals surface area contributed by atoms with E-state index in [0.29, 0.717) is 18.9 Å². The number of carbonyl (C=O) groups is 1. The second-order valence-corrected chi connectivity index (χ2v) is 8.06. The number of nitrogens with one attached hydrogen (secondary N) is 1. The number of aromatic nitrogens is 1. The van der Waals surface area contributed by atoms with Crippen LogP contribution in [-0.4, -0.2) is 55.9 Å². The highest BCUT2D eigenvalue weighted by Crippen LogP contribution is 2.28. The Bertz CT molecular complexity index is 929. The summed E-state index contributed by atoms with van der Waals surface area (Å²) in [7, 11) is 3.59. The van der Waals surface area contributed by atoms with E-state index in [2.05, 4.69) is 54.1 Å². The van der Waals surface area contributed by atoms with Crippen molar-refractivity contribution in [3.8, 4) is 11.3 Å². The van der Waals surface area contributed by atoms with Gasteiger partial charge >= 0.3 is 5.97 Å². The van der Waals surface area contributed by atoms with Crippen LogP contribution in [0.5, 0.6) is 0 Å². The number of aryl methyl sites for hydroxylation is 1. The topological polar surface area (TPSA) is 66.8 Å². The van der Waals surface area contributed by atoms with Gasteiger partial charge in [-0.3, -0.25) is 9.79 Å². The molecule has 0 radical (unpaired) electrons. The molecule has 1 saturated heterocycles. The summed E-state index contributed by atoms with van der Waals surface area (Å²) in [5.74, 6) is -0.193. The molecule has 1 aromatic heterocycles. The number of hydrogen-bond acceptors (Lipinski definition) is 6. The largest absolute Gasteiger partial charge is 0.469 e. The van der Waals surface area contributed by atoms with Crippen molar-refractivity contribution >= 4 is 24.5 Å². The van der Waals surface area contributed by atoms with Gasteiger partial charge in [-0.15, -0.1) is 0 Å². The average molecular weight is 421 g/mol. The van der Waals surface area contributed by atoms with Crippen LogP contribution < -0.4 is 5.32 Å². The summed E-state index contributed by atoms with van der Waals surface area (Å²) in [5, 5.41) is 3.75. The molecule has 1 aliphatic rings. The summed E-state index contributed by atoms with van der Waals surface area (Å²) in [5.41, 5.74) is 6.14. The molecular formula is C25H32N4O2. The van der Waals surface area contributed by atoms with E-state index >= 15 is 0 Å². The summed E-state index contributed by atoms with van der Waals surface area (Å²) in [4.78, 5) is 22.5. The summed E-state index contributed by atoms with van der Waals surface area (Å²) < 4.78 is 4.73. The van der Waals surface area contributed by atoms with Crippen molar-refractivity contribution in [1.82, 2.24) is 9.88 Å². The second kappa shape index (κ2) is 10.9. The molecule has 1 fully saturated rings. The summed E-state index contributed by atoms with van der Waals surface area (Å²) in [6.45, 7) is 7.84. The predicted molar refractivity (Wildman–Crippen MR) is 127 cm³/mol. The molecule has 0 saturated carbocycles. The van der Waals surface area contributed by atoms with Crippen LogP contribution in [0.1, 0.15) is 36.1 Å². The SMILES string of the molecule is C=N/C=C\c1nc(-c2ccc(CCC(=O)OC)cc2)cc(NC2CCN(C)CC2)c1C. The lowest BCUT2D eigenvalue weighted by molar-refractivity contribution is -0.140. The van der Waals surface area contributed by atoms with Gasteiger partial charge in [-0.05, 0) is 76.3 Å². The fraction of sp³-hybridized carbons (Fsp3) is 0.400. The minimum absolute atomic E-state index is 0.193. The minimum Gasteiger partial charge on any atom is -0.469 e. The first-order valence-electron chi connectivity index (χ1n) is 10.8. The molecule has 6 heteroatoms. The van der Waals surface area contributed by atoms with E-state index in [-0.39, 0.29) is 5.97 Å². The highest BCUT2D eigenvalue weighted by Gasteiger charge is 2.18. The Morgan fingerprint density at radius 2 is 2.03 bits per heavy atom. The van der Waals surface area contributed by atoms with E-state index in [4.69, 9.17) is 9.72 Å². The lowest BCUT2D eigenvalue weighted by Crippen LogP contribution is -2.36. The Balaban J connectivity index is 1.85. The highest BCUT2D eigenvalue weighted by molar-refractivity contribution is 5.72. The van der Waals surface area contributed by atoms with E-state index in [9.17, 15) is 4.79 Å². The molecule has 31 heavy (non-hydrogen) atoms. The number of methoxy groups -OCH3 is 1. The number of hydrogen-bond donors (Lipinski definition) is 1. The normalized spacial score (nSPS) is 15.2. The molecule has 3 rings (SSSR count). The fourth-order valence-electron chi connectivity index (χ4n) is 3.78. The Morgan fingerprint density at radius 3 is 2.68 bits per heavy atom. The molecule has 0 atom stereocenters. The number of anilines is 1. The minimum atomic E-state index is -0.193. The van der Waals surface area contributed by atoms with Crippen molar-refractivity contribution < 1.29 is 9.53 Å². The van der Waals surface area contributed by atoms with Crippen LogP contribution in [0.15, 0.2) is 41.5 Å². The highest BCUT2D eigenvalue weighted by atomic mass is 16.5. The number of piperidine rings is 1. The van der Waals surface area contributed by atoms with Crippen LogP contribution >= 0.6 is 0 Å². The molecular weight excluding hydrogens is 388 g/mol. The molecule has 0 aliphatic carbocycles. The van der Waals surface area contributed by atoms with Gasteiger partial charge < -0.3 is 15.0 Å². The van der Waals surface area contributed by atoms with Gasteiger partial charge in [0.15, 0.2) is 0 Å². The van der Waals surface area contributed by atoms with E-state index in [1.54, 1.807) is 6.20 Å². The van der Waals surface area contributed by atoms with Gasteiger partial charge in [-0.1, -0.05) is 24.3 Å². The number of benzene rings is 1. The quantitative estimate of drug-likeness (QED) is 0.508. The predicted octanol–water partition coefficient (Wildman–Crippen LogP) is 4.34. The van der Waals surface area contributed by atoms with Crippen molar-refractivity contribution in [3.63, 3.8) is 0 Å². The number of rotatable bonds is 8. The van der Waals surface area contributed by atoms with Gasteiger partial charge in [0.1, 0.15) is 0 Å². The first-order valence-corrected chi connectivity index (χ1v) is 10.8. The lowest BCUT2D eigenvalue weighted by Gasteiger charge is -2.30. The van der Waals surface area contributed by atoms with E-state index in [1.807, 2.05) is 18.2 Å². The van der Waals surface area contributed by atoms with Gasteiger partial charge in [-0.25, -0.2) is 4.98 Å². The molecule has 1 aromatic carbocycles. The third-order valence-electron chi connectivity index (χ3n) is 5.82. The molecule has 2 aromatic rings. The summed E-state index contributed by atoms with van der Waals surface area (Å²) in [6.07, 6.45) is 6.87. The number of likely N-dealkylation sites (tertiary alicyclic amines) is 1. The second-order valence-electron chi connectivity index (χ2n) is 8.06. The molecule has 6 nitrogen and oxygen atoms in total. The van der Waals surface area contributed by atoms with Crippen LogP contribution in [0.2, 0.25) is 0 Å². The maximum Gasteiger partial charge on any atom is 0.305 e. The Morgan fingerprint density at radius 1 is 1.32 bits per heavy atom. The Hall–Kier alpha value is -2.99. The van der Waals surface area contributed by atoms with Gasteiger partial charge in [0.2, 0.25) is 0 Å². The van der Waals surface area contributed by atoms with Gasteiger partial charge in [0.25, 0.3) is 0 Å². The number of esters is 1.